The van der Waals surface area contributed by atoms with Gasteiger partial charge in [-0.05, 0) is 49.3 Å². The van der Waals surface area contributed by atoms with Crippen molar-refractivity contribution in [1.29, 1.82) is 0 Å². The van der Waals surface area contributed by atoms with E-state index in [0.29, 0.717) is 17.2 Å². The molecule has 19 heavy (non-hydrogen) atoms. The van der Waals surface area contributed by atoms with Crippen molar-refractivity contribution in [3.05, 3.63) is 42.0 Å². The number of carbonyl (C=O) groups is 1. The van der Waals surface area contributed by atoms with Crippen molar-refractivity contribution in [2.45, 2.75) is 45.4 Å². The average molecular weight is 258 g/mol. The highest BCUT2D eigenvalue weighted by molar-refractivity contribution is 5.88. The average Bonchev–Trinajstić information content (AvgIpc) is 2.39. The van der Waals surface area contributed by atoms with Crippen LogP contribution in [0.4, 0.5) is 0 Å². The lowest BCUT2D eigenvalue weighted by Crippen LogP contribution is -2.12. The van der Waals surface area contributed by atoms with E-state index in [1.165, 1.54) is 31.2 Å². The molecule has 0 radical (unpaired) electrons. The highest BCUT2D eigenvalue weighted by Crippen LogP contribution is 2.36. The molecule has 0 amide bonds. The number of hydrogen-bond acceptors (Lipinski definition) is 2. The molecule has 2 heteroatoms. The lowest BCUT2D eigenvalue weighted by atomic mass is 9.79. The highest BCUT2D eigenvalue weighted by atomic mass is 16.5. The number of esters is 1. The summed E-state index contributed by atoms with van der Waals surface area (Å²) in [5.41, 5.74) is 1.78. The molecule has 0 aliphatic heterocycles. The van der Waals surface area contributed by atoms with Gasteiger partial charge in [0.25, 0.3) is 0 Å². The van der Waals surface area contributed by atoms with Crippen molar-refractivity contribution < 1.29 is 9.53 Å². The maximum absolute atomic E-state index is 11.4. The highest BCUT2D eigenvalue weighted by Gasteiger charge is 2.20. The maximum Gasteiger partial charge on any atom is 0.338 e. The molecule has 0 bridgehead atoms. The van der Waals surface area contributed by atoms with Gasteiger partial charge in [-0.25, -0.2) is 4.79 Å². The molecular formula is C17H22O2. The first-order chi connectivity index (χ1) is 9.06. The molecule has 0 aromatic heterocycles. The number of carbonyl (C=O) groups excluding carboxylic acids is 1. The molecule has 1 aliphatic rings. The Morgan fingerprint density at radius 3 is 2.53 bits per heavy atom. The van der Waals surface area contributed by atoms with Crippen molar-refractivity contribution in [1.82, 2.24) is 0 Å². The lowest BCUT2D eigenvalue weighted by Gasteiger charge is -2.27. The van der Waals surface area contributed by atoms with Gasteiger partial charge in [-0.1, -0.05) is 38.5 Å². The molecule has 2 unspecified atom stereocenters. The topological polar surface area (TPSA) is 26.3 Å². The zero-order valence-corrected chi connectivity index (χ0v) is 11.8. The third-order valence-electron chi connectivity index (χ3n) is 3.85. The van der Waals surface area contributed by atoms with Crippen LogP contribution in [0.15, 0.2) is 36.4 Å². The predicted octanol–water partition coefficient (Wildman–Crippen LogP) is 4.46. The first-order valence-corrected chi connectivity index (χ1v) is 7.04. The third-order valence-corrected chi connectivity index (χ3v) is 3.85. The predicted molar refractivity (Wildman–Crippen MR) is 77.3 cm³/mol. The fourth-order valence-electron chi connectivity index (χ4n) is 2.74. The smallest absolute Gasteiger partial charge is 0.338 e. The second-order valence-electron chi connectivity index (χ2n) is 5.71. The van der Waals surface area contributed by atoms with Gasteiger partial charge >= 0.3 is 5.97 Å². The monoisotopic (exact) mass is 258 g/mol. The van der Waals surface area contributed by atoms with Crippen LogP contribution in [0, 0.1) is 5.92 Å². The second-order valence-corrected chi connectivity index (χ2v) is 5.71. The first kappa shape index (κ1) is 13.9. The summed E-state index contributed by atoms with van der Waals surface area (Å²) in [7, 11) is 0. The molecule has 0 spiro atoms. The fourth-order valence-corrected chi connectivity index (χ4v) is 2.74. The molecular weight excluding hydrogens is 236 g/mol. The normalized spacial score (nSPS) is 22.8. The van der Waals surface area contributed by atoms with Crippen LogP contribution in [-0.4, -0.2) is 5.97 Å². The third kappa shape index (κ3) is 3.69. The summed E-state index contributed by atoms with van der Waals surface area (Å²) in [6.45, 7) is 7.56. The van der Waals surface area contributed by atoms with Gasteiger partial charge in [-0.3, -0.25) is 0 Å². The van der Waals surface area contributed by atoms with E-state index in [9.17, 15) is 4.79 Å². The molecule has 1 aliphatic carbocycles. The van der Waals surface area contributed by atoms with Crippen LogP contribution in [0.5, 0.6) is 5.75 Å². The molecule has 1 fully saturated rings. The molecule has 0 heterocycles. The minimum absolute atomic E-state index is 0.362. The number of benzene rings is 1. The van der Waals surface area contributed by atoms with Crippen LogP contribution in [0.25, 0.3) is 0 Å². The summed E-state index contributed by atoms with van der Waals surface area (Å²) >= 11 is 0. The Balaban J connectivity index is 2.01. The van der Waals surface area contributed by atoms with Gasteiger partial charge in [-0.15, -0.1) is 0 Å². The van der Waals surface area contributed by atoms with E-state index < -0.39 is 0 Å². The number of rotatable bonds is 3. The maximum atomic E-state index is 11.4. The van der Waals surface area contributed by atoms with Crippen LogP contribution in [0.2, 0.25) is 0 Å². The summed E-state index contributed by atoms with van der Waals surface area (Å²) in [5.74, 6) is 1.72. The second kappa shape index (κ2) is 6.05. The van der Waals surface area contributed by atoms with E-state index in [4.69, 9.17) is 4.74 Å². The van der Waals surface area contributed by atoms with Crippen LogP contribution in [-0.2, 0) is 4.79 Å². The Kier molecular flexibility index (Phi) is 4.41. The first-order valence-electron chi connectivity index (χ1n) is 7.04. The number of ether oxygens (including phenoxy) is 1. The van der Waals surface area contributed by atoms with E-state index in [1.54, 1.807) is 6.92 Å². The summed E-state index contributed by atoms with van der Waals surface area (Å²) < 4.78 is 5.20. The Hall–Kier alpha value is -1.57. The Labute approximate surface area is 115 Å². The van der Waals surface area contributed by atoms with Gasteiger partial charge in [0, 0.05) is 5.57 Å². The van der Waals surface area contributed by atoms with Crippen molar-refractivity contribution >= 4 is 5.97 Å². The standard InChI is InChI=1S/C17H22O2/c1-12(2)17(18)19-16-9-7-14(8-10-16)15-6-4-5-13(3)11-15/h7-10,13,15H,1,4-6,11H2,2-3H3. The Bertz CT molecular complexity index is 459. The Morgan fingerprint density at radius 2 is 1.95 bits per heavy atom. The van der Waals surface area contributed by atoms with E-state index in [2.05, 4.69) is 25.6 Å². The lowest BCUT2D eigenvalue weighted by molar-refractivity contribution is -0.130. The van der Waals surface area contributed by atoms with Crippen LogP contribution < -0.4 is 4.74 Å². The summed E-state index contributed by atoms with van der Waals surface area (Å²) in [5, 5.41) is 0. The van der Waals surface area contributed by atoms with E-state index in [-0.39, 0.29) is 5.97 Å². The fraction of sp³-hybridized carbons (Fsp3) is 0.471. The van der Waals surface area contributed by atoms with Crippen molar-refractivity contribution in [2.24, 2.45) is 5.92 Å². The van der Waals surface area contributed by atoms with E-state index in [1.807, 2.05) is 12.1 Å². The Morgan fingerprint density at radius 1 is 1.26 bits per heavy atom. The number of hydrogen-bond donors (Lipinski definition) is 0. The van der Waals surface area contributed by atoms with Crippen molar-refractivity contribution in [2.75, 3.05) is 0 Å². The zero-order chi connectivity index (χ0) is 13.8. The molecule has 1 aromatic carbocycles. The molecule has 1 aromatic rings. The largest absolute Gasteiger partial charge is 0.423 e. The minimum Gasteiger partial charge on any atom is -0.423 e. The molecule has 0 N–H and O–H groups in total. The van der Waals surface area contributed by atoms with Crippen LogP contribution >= 0.6 is 0 Å². The summed E-state index contributed by atoms with van der Waals surface area (Å²) in [4.78, 5) is 11.4. The van der Waals surface area contributed by atoms with E-state index in [0.717, 1.165) is 5.92 Å². The molecule has 2 nitrogen and oxygen atoms in total. The van der Waals surface area contributed by atoms with Gasteiger partial charge in [0.15, 0.2) is 0 Å². The SMILES string of the molecule is C=C(C)C(=O)Oc1ccc(C2CCCC(C)C2)cc1. The van der Waals surface area contributed by atoms with Gasteiger partial charge in [0.1, 0.15) is 5.75 Å². The quantitative estimate of drug-likeness (QED) is 0.454. The molecule has 102 valence electrons. The van der Waals surface area contributed by atoms with Gasteiger partial charge in [0.2, 0.25) is 0 Å². The van der Waals surface area contributed by atoms with Crippen molar-refractivity contribution in [3.63, 3.8) is 0 Å². The van der Waals surface area contributed by atoms with Crippen LogP contribution in [0.1, 0.15) is 51.0 Å². The molecule has 2 rings (SSSR count). The zero-order valence-electron chi connectivity index (χ0n) is 11.8. The molecule has 0 saturated heterocycles. The van der Waals surface area contributed by atoms with Crippen LogP contribution in [0.3, 0.4) is 0 Å². The van der Waals surface area contributed by atoms with Gasteiger partial charge in [0.05, 0.1) is 0 Å². The van der Waals surface area contributed by atoms with Gasteiger partial charge in [-0.2, -0.15) is 0 Å². The van der Waals surface area contributed by atoms with E-state index >= 15 is 0 Å². The molecule has 2 atom stereocenters. The van der Waals surface area contributed by atoms with Gasteiger partial charge < -0.3 is 4.74 Å². The summed E-state index contributed by atoms with van der Waals surface area (Å²) in [6.07, 6.45) is 5.21. The molecule has 1 saturated carbocycles. The summed E-state index contributed by atoms with van der Waals surface area (Å²) in [6, 6.07) is 7.94. The minimum atomic E-state index is -0.362. The van der Waals surface area contributed by atoms with Crippen molar-refractivity contribution in [3.8, 4) is 5.75 Å².